The first-order valence-electron chi connectivity index (χ1n) is 9.38. The maximum absolute atomic E-state index is 13.2. The van der Waals surface area contributed by atoms with E-state index in [2.05, 4.69) is 29.2 Å². The van der Waals surface area contributed by atoms with Gasteiger partial charge in [-0.3, -0.25) is 4.79 Å². The minimum Gasteiger partial charge on any atom is -0.481 e. The van der Waals surface area contributed by atoms with Gasteiger partial charge in [0, 0.05) is 36.6 Å². The largest absolute Gasteiger partial charge is 0.481 e. The maximum Gasteiger partial charge on any atom is 0.307 e. The van der Waals surface area contributed by atoms with E-state index in [-0.39, 0.29) is 11.3 Å². The lowest BCUT2D eigenvalue weighted by Crippen LogP contribution is -2.48. The standard InChI is InChI=1S/C21H22N2O4S2/c1-15-2-4-17(5-3-15)22-8-10-23(11-9-22)29(26,27)18-6-7-20-19(13-18)16(14-28-20)12-21(24)25/h2-7,13-14H,8-12H2,1H3,(H,24,25). The van der Waals surface area contributed by atoms with E-state index in [9.17, 15) is 13.2 Å². The SMILES string of the molecule is Cc1ccc(N2CCN(S(=O)(=O)c3ccc4scc(CC(=O)O)c4c3)CC2)cc1. The molecule has 0 amide bonds. The number of rotatable bonds is 5. The van der Waals surface area contributed by atoms with Crippen molar-refractivity contribution < 1.29 is 18.3 Å². The number of piperazine rings is 1. The van der Waals surface area contributed by atoms with Crippen LogP contribution in [-0.2, 0) is 21.2 Å². The summed E-state index contributed by atoms with van der Waals surface area (Å²) in [5, 5.41) is 11.6. The van der Waals surface area contributed by atoms with Crippen LogP contribution >= 0.6 is 11.3 Å². The van der Waals surface area contributed by atoms with E-state index in [0.717, 1.165) is 10.4 Å². The number of nitrogens with zero attached hydrogens (tertiary/aromatic N) is 2. The van der Waals surface area contributed by atoms with Crippen LogP contribution in [0.2, 0.25) is 0 Å². The fourth-order valence-electron chi connectivity index (χ4n) is 3.61. The van der Waals surface area contributed by atoms with E-state index in [1.165, 1.54) is 21.2 Å². The zero-order chi connectivity index (χ0) is 20.6. The lowest BCUT2D eigenvalue weighted by molar-refractivity contribution is -0.136. The van der Waals surface area contributed by atoms with E-state index in [1.807, 2.05) is 6.92 Å². The Kier molecular flexibility index (Phi) is 5.33. The molecule has 152 valence electrons. The molecule has 0 unspecified atom stereocenters. The quantitative estimate of drug-likeness (QED) is 0.672. The van der Waals surface area contributed by atoms with Crippen LogP contribution in [0.4, 0.5) is 5.69 Å². The summed E-state index contributed by atoms with van der Waals surface area (Å²) in [5.41, 5.74) is 2.95. The normalized spacial score (nSPS) is 15.7. The molecule has 1 aliphatic heterocycles. The highest BCUT2D eigenvalue weighted by Gasteiger charge is 2.29. The van der Waals surface area contributed by atoms with Crippen LogP contribution in [0.1, 0.15) is 11.1 Å². The van der Waals surface area contributed by atoms with Gasteiger partial charge in [-0.2, -0.15) is 4.31 Å². The van der Waals surface area contributed by atoms with Crippen molar-refractivity contribution in [1.82, 2.24) is 4.31 Å². The highest BCUT2D eigenvalue weighted by Crippen LogP contribution is 2.30. The molecule has 1 aromatic heterocycles. The average Bonchev–Trinajstić information content (AvgIpc) is 3.10. The molecule has 2 heterocycles. The first kappa shape index (κ1) is 19.9. The summed E-state index contributed by atoms with van der Waals surface area (Å²) in [6.07, 6.45) is -0.112. The number of aryl methyl sites for hydroxylation is 1. The van der Waals surface area contributed by atoms with Gasteiger partial charge in [-0.15, -0.1) is 11.3 Å². The number of carboxylic acid groups (broad SMARTS) is 1. The number of hydrogen-bond donors (Lipinski definition) is 1. The molecule has 1 N–H and O–H groups in total. The molecule has 0 bridgehead atoms. The fraction of sp³-hybridized carbons (Fsp3) is 0.286. The summed E-state index contributed by atoms with van der Waals surface area (Å²) in [4.78, 5) is 13.5. The van der Waals surface area contributed by atoms with Crippen LogP contribution in [0, 0.1) is 6.92 Å². The van der Waals surface area contributed by atoms with Gasteiger partial charge >= 0.3 is 5.97 Å². The van der Waals surface area contributed by atoms with Gasteiger partial charge in [0.2, 0.25) is 10.0 Å². The van der Waals surface area contributed by atoms with Gasteiger partial charge in [-0.1, -0.05) is 17.7 Å². The highest BCUT2D eigenvalue weighted by molar-refractivity contribution is 7.89. The van der Waals surface area contributed by atoms with Gasteiger partial charge in [-0.05, 0) is 53.6 Å². The second-order valence-corrected chi connectivity index (χ2v) is 10.1. The summed E-state index contributed by atoms with van der Waals surface area (Å²) >= 11 is 1.43. The van der Waals surface area contributed by atoms with E-state index >= 15 is 0 Å². The van der Waals surface area contributed by atoms with Crippen molar-refractivity contribution in [2.75, 3.05) is 31.1 Å². The van der Waals surface area contributed by atoms with Gasteiger partial charge in [0.15, 0.2) is 0 Å². The second-order valence-electron chi connectivity index (χ2n) is 7.22. The van der Waals surface area contributed by atoms with Crippen LogP contribution in [-0.4, -0.2) is 50.0 Å². The van der Waals surface area contributed by atoms with Crippen LogP contribution in [0.3, 0.4) is 0 Å². The first-order valence-corrected chi connectivity index (χ1v) is 11.7. The molecule has 3 aromatic rings. The van der Waals surface area contributed by atoms with E-state index in [0.29, 0.717) is 37.1 Å². The maximum atomic E-state index is 13.2. The first-order chi connectivity index (χ1) is 13.8. The number of sulfonamides is 1. The van der Waals surface area contributed by atoms with E-state index < -0.39 is 16.0 Å². The Balaban J connectivity index is 1.54. The summed E-state index contributed by atoms with van der Waals surface area (Å²) < 4.78 is 28.7. The van der Waals surface area contributed by atoms with Crippen molar-refractivity contribution in [3.05, 3.63) is 59.0 Å². The Hall–Kier alpha value is -2.42. The third kappa shape index (κ3) is 4.01. The summed E-state index contributed by atoms with van der Waals surface area (Å²) in [5.74, 6) is -0.926. The summed E-state index contributed by atoms with van der Waals surface area (Å²) in [6, 6.07) is 13.2. The number of aliphatic carboxylic acids is 1. The predicted molar refractivity (Wildman–Crippen MR) is 115 cm³/mol. The molecule has 0 spiro atoms. The molecule has 0 radical (unpaired) electrons. The molecule has 0 atom stereocenters. The van der Waals surface area contributed by atoms with Crippen molar-refractivity contribution in [3.63, 3.8) is 0 Å². The van der Waals surface area contributed by atoms with Gasteiger partial charge < -0.3 is 10.0 Å². The third-order valence-corrected chi connectivity index (χ3v) is 8.15. The monoisotopic (exact) mass is 430 g/mol. The molecule has 2 aromatic carbocycles. The van der Waals surface area contributed by atoms with Crippen LogP contribution < -0.4 is 4.90 Å². The third-order valence-electron chi connectivity index (χ3n) is 5.24. The van der Waals surface area contributed by atoms with Crippen molar-refractivity contribution in [2.45, 2.75) is 18.2 Å². The number of fused-ring (bicyclic) bond motifs is 1. The van der Waals surface area contributed by atoms with Crippen LogP contribution in [0.15, 0.2) is 52.7 Å². The number of thiophene rings is 1. The Labute approximate surface area is 174 Å². The molecular weight excluding hydrogens is 408 g/mol. The molecule has 1 aliphatic rings. The molecule has 0 saturated carbocycles. The molecule has 0 aliphatic carbocycles. The zero-order valence-corrected chi connectivity index (χ0v) is 17.7. The lowest BCUT2D eigenvalue weighted by Gasteiger charge is -2.35. The van der Waals surface area contributed by atoms with Gasteiger partial charge in [0.05, 0.1) is 11.3 Å². The minimum atomic E-state index is -3.63. The summed E-state index contributed by atoms with van der Waals surface area (Å²) in [7, 11) is -3.63. The van der Waals surface area contributed by atoms with Crippen molar-refractivity contribution >= 4 is 43.1 Å². The second kappa shape index (κ2) is 7.78. The van der Waals surface area contributed by atoms with Gasteiger partial charge in [0.1, 0.15) is 0 Å². The Morgan fingerprint density at radius 2 is 1.76 bits per heavy atom. The molecule has 1 fully saturated rings. The zero-order valence-electron chi connectivity index (χ0n) is 16.0. The van der Waals surface area contributed by atoms with E-state index in [1.54, 1.807) is 23.6 Å². The lowest BCUT2D eigenvalue weighted by atomic mass is 10.1. The van der Waals surface area contributed by atoms with Crippen molar-refractivity contribution in [2.24, 2.45) is 0 Å². The van der Waals surface area contributed by atoms with E-state index in [4.69, 9.17) is 5.11 Å². The number of benzene rings is 2. The number of anilines is 1. The Bertz CT molecular complexity index is 1150. The van der Waals surface area contributed by atoms with Crippen molar-refractivity contribution in [1.29, 1.82) is 0 Å². The Morgan fingerprint density at radius 3 is 2.41 bits per heavy atom. The van der Waals surface area contributed by atoms with Crippen LogP contribution in [0.25, 0.3) is 10.1 Å². The van der Waals surface area contributed by atoms with Crippen molar-refractivity contribution in [3.8, 4) is 0 Å². The van der Waals surface area contributed by atoms with Gasteiger partial charge in [-0.25, -0.2) is 8.42 Å². The average molecular weight is 431 g/mol. The topological polar surface area (TPSA) is 77.9 Å². The fourth-order valence-corrected chi connectivity index (χ4v) is 6.00. The number of carbonyl (C=O) groups is 1. The smallest absolute Gasteiger partial charge is 0.307 e. The molecule has 29 heavy (non-hydrogen) atoms. The molecular formula is C21H22N2O4S2. The number of hydrogen-bond acceptors (Lipinski definition) is 5. The summed E-state index contributed by atoms with van der Waals surface area (Å²) in [6.45, 7) is 4.14. The highest BCUT2D eigenvalue weighted by atomic mass is 32.2. The van der Waals surface area contributed by atoms with Gasteiger partial charge in [0.25, 0.3) is 0 Å². The molecule has 6 nitrogen and oxygen atoms in total. The molecule has 8 heteroatoms. The minimum absolute atomic E-state index is 0.112. The Morgan fingerprint density at radius 1 is 1.07 bits per heavy atom. The predicted octanol–water partition coefficient (Wildman–Crippen LogP) is 3.35. The molecule has 4 rings (SSSR count). The number of carboxylic acids is 1. The molecule has 1 saturated heterocycles. The van der Waals surface area contributed by atoms with Crippen LogP contribution in [0.5, 0.6) is 0 Å².